The van der Waals surface area contributed by atoms with Gasteiger partial charge in [-0.2, -0.15) is 0 Å². The molecule has 3 saturated heterocycles. The van der Waals surface area contributed by atoms with Gasteiger partial charge in [0.15, 0.2) is 29.1 Å². The van der Waals surface area contributed by atoms with Gasteiger partial charge in [-0.25, -0.2) is 4.98 Å². The average molecular weight is 427 g/mol. The number of ether oxygens (including phenoxy) is 5. The smallest absolute Gasteiger partial charge is 0.252 e. The molecule has 160 valence electrons. The van der Waals surface area contributed by atoms with E-state index in [1.807, 2.05) is 0 Å². The molecule has 6 atom stereocenters. The lowest BCUT2D eigenvalue weighted by molar-refractivity contribution is -0.231. The summed E-state index contributed by atoms with van der Waals surface area (Å²) in [5, 5.41) is 7.53. The lowest BCUT2D eigenvalue weighted by atomic mass is 9.98. The van der Waals surface area contributed by atoms with E-state index in [4.69, 9.17) is 23.7 Å². The minimum Gasteiger partial charge on any atom is -0.342 e. The van der Waals surface area contributed by atoms with Crippen molar-refractivity contribution in [3.05, 3.63) is 11.6 Å². The van der Waals surface area contributed by atoms with Crippen molar-refractivity contribution >= 4 is 28.3 Å². The van der Waals surface area contributed by atoms with E-state index >= 15 is 0 Å². The van der Waals surface area contributed by atoms with Gasteiger partial charge >= 0.3 is 0 Å². The van der Waals surface area contributed by atoms with Gasteiger partial charge in [-0.3, -0.25) is 9.59 Å². The molecule has 3 aliphatic rings. The van der Waals surface area contributed by atoms with Crippen LogP contribution >= 0.6 is 11.3 Å². The number of thiazole rings is 1. The molecule has 0 radical (unpaired) electrons. The highest BCUT2D eigenvalue weighted by molar-refractivity contribution is 7.13. The highest BCUT2D eigenvalue weighted by atomic mass is 32.1. The number of fused-ring (bicyclic) bond motifs is 3. The van der Waals surface area contributed by atoms with Crippen LogP contribution in [0.2, 0.25) is 0 Å². The molecular weight excluding hydrogens is 402 g/mol. The molecule has 10 nitrogen and oxygen atoms in total. The van der Waals surface area contributed by atoms with Crippen LogP contribution in [0.1, 0.15) is 34.6 Å². The molecule has 0 unspecified atom stereocenters. The van der Waals surface area contributed by atoms with Crippen molar-refractivity contribution in [3.63, 3.8) is 0 Å². The van der Waals surface area contributed by atoms with Crippen molar-refractivity contribution in [2.24, 2.45) is 0 Å². The van der Waals surface area contributed by atoms with Gasteiger partial charge in [0.05, 0.1) is 0 Å². The topological polar surface area (TPSA) is 117 Å². The Morgan fingerprint density at radius 1 is 1.07 bits per heavy atom. The van der Waals surface area contributed by atoms with Crippen LogP contribution < -0.4 is 10.6 Å². The van der Waals surface area contributed by atoms with Crippen molar-refractivity contribution < 1.29 is 33.3 Å². The van der Waals surface area contributed by atoms with Gasteiger partial charge in [-0.05, 0) is 34.6 Å². The maximum atomic E-state index is 13.0. The van der Waals surface area contributed by atoms with E-state index in [0.717, 1.165) is 0 Å². The Morgan fingerprint density at radius 2 is 1.72 bits per heavy atom. The van der Waals surface area contributed by atoms with Crippen LogP contribution in [0.15, 0.2) is 11.6 Å². The van der Waals surface area contributed by atoms with Crippen LogP contribution in [0.5, 0.6) is 0 Å². The molecule has 4 heterocycles. The molecule has 1 aromatic heterocycles. The number of hydrogen-bond donors (Lipinski definition) is 2. The number of nitrogens with zero attached hydrogens (tertiary/aromatic N) is 1. The predicted molar refractivity (Wildman–Crippen MR) is 101 cm³/mol. The normalized spacial score (nSPS) is 35.4. The SMILES string of the molecule is C[C@@H](NC(=O)[C@@H]1O[C@@H]2OC(C)(C)O[C@H]2[C@H]2OC(C)(C)O[C@@H]21)C(=O)Nc1nccs1. The first-order valence-corrected chi connectivity index (χ1v) is 10.3. The zero-order valence-electron chi connectivity index (χ0n) is 16.8. The van der Waals surface area contributed by atoms with E-state index < -0.39 is 54.2 Å². The van der Waals surface area contributed by atoms with Crippen molar-refractivity contribution in [1.29, 1.82) is 0 Å². The number of rotatable bonds is 4. The van der Waals surface area contributed by atoms with Crippen molar-refractivity contribution in [3.8, 4) is 0 Å². The van der Waals surface area contributed by atoms with Crippen molar-refractivity contribution in [2.45, 2.75) is 82.9 Å². The summed E-state index contributed by atoms with van der Waals surface area (Å²) >= 11 is 1.29. The highest BCUT2D eigenvalue weighted by Crippen LogP contribution is 2.44. The summed E-state index contributed by atoms with van der Waals surface area (Å²) in [7, 11) is 0. The molecule has 11 heteroatoms. The Morgan fingerprint density at radius 3 is 2.41 bits per heavy atom. The van der Waals surface area contributed by atoms with Gasteiger partial charge < -0.3 is 34.3 Å². The first-order chi connectivity index (χ1) is 13.5. The van der Waals surface area contributed by atoms with Crippen molar-refractivity contribution in [2.75, 3.05) is 5.32 Å². The molecule has 29 heavy (non-hydrogen) atoms. The van der Waals surface area contributed by atoms with E-state index in [0.29, 0.717) is 5.13 Å². The second-order valence-electron chi connectivity index (χ2n) is 8.15. The van der Waals surface area contributed by atoms with E-state index in [-0.39, 0.29) is 5.91 Å². The molecule has 2 N–H and O–H groups in total. The maximum absolute atomic E-state index is 13.0. The zero-order valence-corrected chi connectivity index (χ0v) is 17.6. The second-order valence-corrected chi connectivity index (χ2v) is 9.04. The van der Waals surface area contributed by atoms with Crippen LogP contribution in [0.4, 0.5) is 5.13 Å². The van der Waals surface area contributed by atoms with Crippen LogP contribution in [0, 0.1) is 0 Å². The van der Waals surface area contributed by atoms with E-state index in [1.54, 1.807) is 46.2 Å². The molecular formula is C18H25N3O7S. The number of aromatic nitrogens is 1. The van der Waals surface area contributed by atoms with Crippen LogP contribution in [-0.4, -0.2) is 65.1 Å². The summed E-state index contributed by atoms with van der Waals surface area (Å²) in [5.74, 6) is -2.66. The fourth-order valence-corrected chi connectivity index (χ4v) is 4.22. The number of carbonyl (C=O) groups excluding carboxylic acids is 2. The Kier molecular flexibility index (Phi) is 5.16. The predicted octanol–water partition coefficient (Wildman–Crippen LogP) is 0.983. The lowest BCUT2D eigenvalue weighted by Gasteiger charge is -2.36. The Balaban J connectivity index is 1.46. The number of hydrogen-bond acceptors (Lipinski definition) is 9. The van der Waals surface area contributed by atoms with Crippen LogP contribution in [0.25, 0.3) is 0 Å². The van der Waals surface area contributed by atoms with Gasteiger partial charge in [-0.1, -0.05) is 0 Å². The molecule has 2 amide bonds. The number of amides is 2. The van der Waals surface area contributed by atoms with E-state index in [2.05, 4.69) is 15.6 Å². The third-order valence-corrected chi connectivity index (χ3v) is 5.52. The van der Waals surface area contributed by atoms with Gasteiger partial charge in [0.2, 0.25) is 5.91 Å². The first kappa shape index (κ1) is 20.6. The van der Waals surface area contributed by atoms with Gasteiger partial charge in [0.1, 0.15) is 24.4 Å². The second kappa shape index (κ2) is 7.25. The fraction of sp³-hybridized carbons (Fsp3) is 0.722. The third-order valence-electron chi connectivity index (χ3n) is 4.83. The monoisotopic (exact) mass is 427 g/mol. The minimum atomic E-state index is -1.02. The fourth-order valence-electron chi connectivity index (χ4n) is 3.68. The Hall–Kier alpha value is -1.63. The third kappa shape index (κ3) is 4.16. The maximum Gasteiger partial charge on any atom is 0.252 e. The molecule has 4 rings (SSSR count). The number of anilines is 1. The molecule has 0 saturated carbocycles. The van der Waals surface area contributed by atoms with Gasteiger partial charge in [-0.15, -0.1) is 11.3 Å². The zero-order chi connectivity index (χ0) is 21.0. The minimum absolute atomic E-state index is 0.385. The summed E-state index contributed by atoms with van der Waals surface area (Å²) in [6, 6.07) is -0.807. The Bertz CT molecular complexity index is 784. The molecule has 0 aromatic carbocycles. The largest absolute Gasteiger partial charge is 0.342 e. The van der Waals surface area contributed by atoms with Gasteiger partial charge in [0.25, 0.3) is 5.91 Å². The standard InChI is InChI=1S/C18H25N3O7S/c1-8(13(22)21-16-19-6-7-29-16)20-14(23)11-9-10(26-17(2,3)25-9)12-15(24-11)28-18(4,5)27-12/h6-12,15H,1-5H3,(H,20,23)(H,19,21,22)/t8-,9+,10+,11-,12+,15-/m1/s1. The molecule has 3 aliphatic heterocycles. The molecule has 0 spiro atoms. The molecule has 0 bridgehead atoms. The summed E-state index contributed by atoms with van der Waals surface area (Å²) in [6.07, 6.45) is -1.97. The summed E-state index contributed by atoms with van der Waals surface area (Å²) in [5.41, 5.74) is 0. The highest BCUT2D eigenvalue weighted by Gasteiger charge is 2.62. The van der Waals surface area contributed by atoms with E-state index in [9.17, 15) is 9.59 Å². The summed E-state index contributed by atoms with van der Waals surface area (Å²) in [6.45, 7) is 8.65. The van der Waals surface area contributed by atoms with Crippen molar-refractivity contribution in [1.82, 2.24) is 10.3 Å². The van der Waals surface area contributed by atoms with E-state index in [1.165, 1.54) is 11.3 Å². The average Bonchev–Trinajstić information content (AvgIpc) is 3.29. The lowest BCUT2D eigenvalue weighted by Crippen LogP contribution is -2.60. The first-order valence-electron chi connectivity index (χ1n) is 9.42. The number of nitrogens with one attached hydrogen (secondary N) is 2. The van der Waals surface area contributed by atoms with Crippen LogP contribution in [0.3, 0.4) is 0 Å². The Labute approximate surface area is 172 Å². The van der Waals surface area contributed by atoms with Crippen LogP contribution in [-0.2, 0) is 33.3 Å². The number of carbonyl (C=O) groups is 2. The van der Waals surface area contributed by atoms with Gasteiger partial charge in [0, 0.05) is 11.6 Å². The quantitative estimate of drug-likeness (QED) is 0.730. The molecule has 0 aliphatic carbocycles. The molecule has 1 aromatic rings. The molecule has 3 fully saturated rings. The summed E-state index contributed by atoms with van der Waals surface area (Å²) < 4.78 is 29.5. The summed E-state index contributed by atoms with van der Waals surface area (Å²) in [4.78, 5) is 29.3.